The summed E-state index contributed by atoms with van der Waals surface area (Å²) < 4.78 is 1.57. The highest BCUT2D eigenvalue weighted by Crippen LogP contribution is 2.21. The number of anilines is 1. The minimum absolute atomic E-state index is 0.272. The van der Waals surface area contributed by atoms with E-state index in [2.05, 4.69) is 20.8 Å². The zero-order valence-corrected chi connectivity index (χ0v) is 11.2. The molecule has 0 radical (unpaired) electrons. The molecule has 0 saturated carbocycles. The van der Waals surface area contributed by atoms with Gasteiger partial charge in [0.05, 0.1) is 5.25 Å². The molecule has 0 aromatic carbocycles. The lowest BCUT2D eigenvalue weighted by Crippen LogP contribution is -2.42. The second-order valence-corrected chi connectivity index (χ2v) is 4.82. The maximum absolute atomic E-state index is 11.7. The molecule has 1 heterocycles. The SMILES string of the molecule is CCNC(=O)NC(=O)C(C)Sc1nnc(N)n1C. The van der Waals surface area contributed by atoms with Gasteiger partial charge in [0.15, 0.2) is 5.16 Å². The standard InChI is InChI=1S/C9H16N6O2S/c1-4-11-8(17)12-6(16)5(2)18-9-14-13-7(10)15(9)3/h5H,4H2,1-3H3,(H2,10,13)(H2,11,12,16,17). The lowest BCUT2D eigenvalue weighted by Gasteiger charge is -2.10. The van der Waals surface area contributed by atoms with Crippen molar-refractivity contribution in [3.8, 4) is 0 Å². The number of nitrogens with two attached hydrogens (primary N) is 1. The molecule has 1 rings (SSSR count). The van der Waals surface area contributed by atoms with Crippen molar-refractivity contribution in [2.24, 2.45) is 7.05 Å². The zero-order valence-electron chi connectivity index (χ0n) is 10.4. The van der Waals surface area contributed by atoms with E-state index in [0.29, 0.717) is 11.7 Å². The molecule has 1 unspecified atom stereocenters. The van der Waals surface area contributed by atoms with Crippen LogP contribution in [0.15, 0.2) is 5.16 Å². The number of aromatic nitrogens is 3. The van der Waals surface area contributed by atoms with Crippen molar-refractivity contribution >= 4 is 29.6 Å². The Labute approximate surface area is 109 Å². The Hall–Kier alpha value is -1.77. The summed E-state index contributed by atoms with van der Waals surface area (Å²) in [4.78, 5) is 22.8. The summed E-state index contributed by atoms with van der Waals surface area (Å²) in [6.07, 6.45) is 0. The number of nitrogens with one attached hydrogen (secondary N) is 2. The van der Waals surface area contributed by atoms with Gasteiger partial charge in [-0.25, -0.2) is 4.79 Å². The summed E-state index contributed by atoms with van der Waals surface area (Å²) in [5, 5.41) is 12.2. The Morgan fingerprint density at radius 1 is 1.50 bits per heavy atom. The summed E-state index contributed by atoms with van der Waals surface area (Å²) in [5.74, 6) is -0.124. The number of nitrogen functional groups attached to an aromatic ring is 1. The van der Waals surface area contributed by atoms with E-state index < -0.39 is 17.2 Å². The van der Waals surface area contributed by atoms with E-state index in [4.69, 9.17) is 5.73 Å². The van der Waals surface area contributed by atoms with Gasteiger partial charge in [-0.1, -0.05) is 11.8 Å². The number of carbonyl (C=O) groups is 2. The van der Waals surface area contributed by atoms with Crippen molar-refractivity contribution in [3.05, 3.63) is 0 Å². The van der Waals surface area contributed by atoms with Crippen molar-refractivity contribution in [3.63, 3.8) is 0 Å². The van der Waals surface area contributed by atoms with Crippen molar-refractivity contribution in [1.29, 1.82) is 0 Å². The van der Waals surface area contributed by atoms with Gasteiger partial charge in [0.2, 0.25) is 11.9 Å². The Balaban J connectivity index is 2.55. The van der Waals surface area contributed by atoms with Crippen LogP contribution in [-0.2, 0) is 11.8 Å². The van der Waals surface area contributed by atoms with E-state index in [-0.39, 0.29) is 5.95 Å². The van der Waals surface area contributed by atoms with Gasteiger partial charge in [0.25, 0.3) is 0 Å². The van der Waals surface area contributed by atoms with Gasteiger partial charge >= 0.3 is 6.03 Å². The molecule has 0 aliphatic heterocycles. The molecule has 9 heteroatoms. The molecular formula is C9H16N6O2S. The third kappa shape index (κ3) is 3.62. The molecule has 8 nitrogen and oxygen atoms in total. The Bertz CT molecular complexity index is 446. The fourth-order valence-electron chi connectivity index (χ4n) is 1.06. The van der Waals surface area contributed by atoms with Gasteiger partial charge in [-0.15, -0.1) is 10.2 Å². The quantitative estimate of drug-likeness (QED) is 0.650. The smallest absolute Gasteiger partial charge is 0.321 e. The van der Waals surface area contributed by atoms with E-state index in [1.165, 1.54) is 11.8 Å². The molecule has 1 atom stereocenters. The minimum atomic E-state index is -0.507. The second-order valence-electron chi connectivity index (χ2n) is 3.51. The average molecular weight is 272 g/mol. The highest BCUT2D eigenvalue weighted by atomic mass is 32.2. The fraction of sp³-hybridized carbons (Fsp3) is 0.556. The fourth-order valence-corrected chi connectivity index (χ4v) is 1.88. The van der Waals surface area contributed by atoms with Crippen LogP contribution >= 0.6 is 11.8 Å². The largest absolute Gasteiger partial charge is 0.368 e. The van der Waals surface area contributed by atoms with Gasteiger partial charge in [-0.3, -0.25) is 14.7 Å². The highest BCUT2D eigenvalue weighted by Gasteiger charge is 2.19. The summed E-state index contributed by atoms with van der Waals surface area (Å²) >= 11 is 1.18. The van der Waals surface area contributed by atoms with Crippen molar-refractivity contribution < 1.29 is 9.59 Å². The monoisotopic (exact) mass is 272 g/mol. The van der Waals surface area contributed by atoms with Crippen LogP contribution in [0.1, 0.15) is 13.8 Å². The summed E-state index contributed by atoms with van der Waals surface area (Å²) in [7, 11) is 1.70. The molecule has 1 aromatic heterocycles. The number of rotatable bonds is 4. The minimum Gasteiger partial charge on any atom is -0.368 e. The van der Waals surface area contributed by atoms with E-state index in [1.54, 1.807) is 25.5 Å². The number of hydrogen-bond acceptors (Lipinski definition) is 6. The molecule has 100 valence electrons. The van der Waals surface area contributed by atoms with E-state index in [1.807, 2.05) is 0 Å². The first-order chi connectivity index (χ1) is 8.45. The first-order valence-corrected chi connectivity index (χ1v) is 6.23. The van der Waals surface area contributed by atoms with E-state index in [0.717, 1.165) is 0 Å². The molecule has 0 aliphatic rings. The summed E-state index contributed by atoms with van der Waals surface area (Å²) in [6, 6.07) is -0.507. The molecule has 1 aromatic rings. The summed E-state index contributed by atoms with van der Waals surface area (Å²) in [5.41, 5.74) is 5.52. The Morgan fingerprint density at radius 3 is 2.67 bits per heavy atom. The molecule has 3 amide bonds. The first kappa shape index (κ1) is 14.3. The highest BCUT2D eigenvalue weighted by molar-refractivity contribution is 8.00. The predicted molar refractivity (Wildman–Crippen MR) is 67.9 cm³/mol. The third-order valence-corrected chi connectivity index (χ3v) is 3.23. The van der Waals surface area contributed by atoms with Crippen molar-refractivity contribution in [1.82, 2.24) is 25.4 Å². The molecule has 0 spiro atoms. The van der Waals surface area contributed by atoms with Crippen LogP contribution in [0.5, 0.6) is 0 Å². The van der Waals surface area contributed by atoms with Gasteiger partial charge in [0.1, 0.15) is 0 Å². The number of carbonyl (C=O) groups excluding carboxylic acids is 2. The van der Waals surface area contributed by atoms with E-state index >= 15 is 0 Å². The molecule has 4 N–H and O–H groups in total. The van der Waals surface area contributed by atoms with Gasteiger partial charge in [0, 0.05) is 13.6 Å². The van der Waals surface area contributed by atoms with Gasteiger partial charge < -0.3 is 11.1 Å². The Morgan fingerprint density at radius 2 is 2.17 bits per heavy atom. The predicted octanol–water partition coefficient (Wildman–Crippen LogP) is -0.276. The van der Waals surface area contributed by atoms with Crippen LogP contribution in [0.3, 0.4) is 0 Å². The molecule has 18 heavy (non-hydrogen) atoms. The lowest BCUT2D eigenvalue weighted by molar-refractivity contribution is -0.119. The number of imide groups is 1. The molecule has 0 saturated heterocycles. The molecule has 0 fully saturated rings. The van der Waals surface area contributed by atoms with Crippen LogP contribution < -0.4 is 16.4 Å². The zero-order chi connectivity index (χ0) is 13.7. The van der Waals surface area contributed by atoms with Crippen LogP contribution in [-0.4, -0.2) is 38.5 Å². The number of urea groups is 1. The second kappa shape index (κ2) is 6.24. The molecule has 0 bridgehead atoms. The maximum Gasteiger partial charge on any atom is 0.321 e. The number of thioether (sulfide) groups is 1. The van der Waals surface area contributed by atoms with Crippen molar-refractivity contribution in [2.75, 3.05) is 12.3 Å². The average Bonchev–Trinajstić information content (AvgIpc) is 2.61. The number of nitrogens with zero attached hydrogens (tertiary/aromatic N) is 3. The first-order valence-electron chi connectivity index (χ1n) is 5.36. The van der Waals surface area contributed by atoms with Crippen LogP contribution in [0.2, 0.25) is 0 Å². The third-order valence-electron chi connectivity index (χ3n) is 2.09. The van der Waals surface area contributed by atoms with Crippen LogP contribution in [0.25, 0.3) is 0 Å². The Kier molecular flexibility index (Phi) is 4.95. The number of hydrogen-bond donors (Lipinski definition) is 3. The molecule has 0 aliphatic carbocycles. The summed E-state index contributed by atoms with van der Waals surface area (Å²) in [6.45, 7) is 3.90. The number of amides is 3. The van der Waals surface area contributed by atoms with Crippen LogP contribution in [0, 0.1) is 0 Å². The van der Waals surface area contributed by atoms with Gasteiger partial charge in [-0.2, -0.15) is 0 Å². The normalized spacial score (nSPS) is 11.9. The maximum atomic E-state index is 11.7. The molecular weight excluding hydrogens is 256 g/mol. The van der Waals surface area contributed by atoms with Crippen LogP contribution in [0.4, 0.5) is 10.7 Å². The topological polar surface area (TPSA) is 115 Å². The van der Waals surface area contributed by atoms with Gasteiger partial charge in [-0.05, 0) is 13.8 Å². The van der Waals surface area contributed by atoms with E-state index in [9.17, 15) is 9.59 Å². The lowest BCUT2D eigenvalue weighted by atomic mass is 10.4. The van der Waals surface area contributed by atoms with Crippen molar-refractivity contribution in [2.45, 2.75) is 24.3 Å².